The van der Waals surface area contributed by atoms with Gasteiger partial charge in [0, 0.05) is 39.0 Å². The van der Waals surface area contributed by atoms with Crippen molar-refractivity contribution in [3.05, 3.63) is 111 Å². The molecule has 5 rings (SSSR count). The van der Waals surface area contributed by atoms with E-state index < -0.39 is 22.8 Å². The largest absolute Gasteiger partial charge is 0.463 e. The van der Waals surface area contributed by atoms with E-state index in [9.17, 15) is 24.5 Å². The molecule has 1 fully saturated rings. The molecule has 208 valence electrons. The first-order valence-electron chi connectivity index (χ1n) is 12.4. The molecular formula is C29H24N4O7S. The fourth-order valence-corrected chi connectivity index (χ4v) is 5.28. The van der Waals surface area contributed by atoms with Crippen LogP contribution >= 0.6 is 11.8 Å². The lowest BCUT2D eigenvalue weighted by Gasteiger charge is -2.11. The smallest absolute Gasteiger partial charge is 0.373 e. The number of amides is 3. The topological polar surface area (TPSA) is 137 Å². The van der Waals surface area contributed by atoms with E-state index in [0.717, 1.165) is 37.3 Å². The van der Waals surface area contributed by atoms with Crippen LogP contribution in [0.2, 0.25) is 0 Å². The molecule has 0 unspecified atom stereocenters. The Hall–Kier alpha value is -5.10. The van der Waals surface area contributed by atoms with Crippen LogP contribution in [0.5, 0.6) is 0 Å². The number of methoxy groups -OCH3 is 1. The summed E-state index contributed by atoms with van der Waals surface area (Å²) in [7, 11) is 1.23. The van der Waals surface area contributed by atoms with Gasteiger partial charge in [-0.1, -0.05) is 11.8 Å². The Bertz CT molecular complexity index is 1700. The predicted octanol–water partition coefficient (Wildman–Crippen LogP) is 5.63. The Labute approximate surface area is 238 Å². The number of benzene rings is 2. The summed E-state index contributed by atoms with van der Waals surface area (Å²) >= 11 is 1.50. The van der Waals surface area contributed by atoms with Gasteiger partial charge in [-0.25, -0.2) is 9.59 Å². The van der Waals surface area contributed by atoms with Crippen molar-refractivity contribution < 1.29 is 28.5 Å². The maximum atomic E-state index is 13.0. The van der Waals surface area contributed by atoms with Crippen LogP contribution in [-0.2, 0) is 16.1 Å². The van der Waals surface area contributed by atoms with E-state index in [4.69, 9.17) is 4.42 Å². The molecule has 1 saturated heterocycles. The Morgan fingerprint density at radius 1 is 1.05 bits per heavy atom. The molecule has 0 bridgehead atoms. The van der Waals surface area contributed by atoms with Gasteiger partial charge in [0.2, 0.25) is 5.76 Å². The highest BCUT2D eigenvalue weighted by Gasteiger charge is 2.34. The van der Waals surface area contributed by atoms with Gasteiger partial charge in [-0.15, -0.1) is 0 Å². The summed E-state index contributed by atoms with van der Waals surface area (Å²) in [6.45, 7) is 3.74. The number of hydrogen-bond acceptors (Lipinski definition) is 8. The minimum Gasteiger partial charge on any atom is -0.463 e. The highest BCUT2D eigenvalue weighted by atomic mass is 32.2. The first kappa shape index (κ1) is 27.5. The van der Waals surface area contributed by atoms with Crippen LogP contribution < -0.4 is 5.32 Å². The molecule has 0 atom stereocenters. The molecule has 1 N–H and O–H groups in total. The second-order valence-electron chi connectivity index (χ2n) is 9.15. The fraction of sp³-hybridized carbons (Fsp3) is 0.138. The summed E-state index contributed by atoms with van der Waals surface area (Å²) in [5.41, 5.74) is 3.67. The quantitative estimate of drug-likeness (QED) is 0.0944. The van der Waals surface area contributed by atoms with Gasteiger partial charge in [-0.3, -0.25) is 19.8 Å². The summed E-state index contributed by atoms with van der Waals surface area (Å²) in [4.78, 5) is 50.5. The van der Waals surface area contributed by atoms with Crippen molar-refractivity contribution in [3.8, 4) is 5.69 Å². The fourth-order valence-electron chi connectivity index (χ4n) is 4.47. The van der Waals surface area contributed by atoms with E-state index in [-0.39, 0.29) is 29.4 Å². The standard InChI is InChI=1S/C29H24N4O7S/c1-17-14-19(15-25-27(34)31(29(36)30-25)16-22-8-13-26(40-22)28(35)39-3)18(2)32(17)20-4-9-23(10-5-20)41-24-11-6-21(7-12-24)33(37)38/h4-15H,16H2,1-3H3,(H,30,36)/b25-15-. The zero-order valence-electron chi connectivity index (χ0n) is 22.2. The molecule has 2 aromatic heterocycles. The number of nitrogens with one attached hydrogen (secondary N) is 1. The molecule has 2 aromatic carbocycles. The summed E-state index contributed by atoms with van der Waals surface area (Å²) < 4.78 is 12.1. The van der Waals surface area contributed by atoms with E-state index in [1.54, 1.807) is 18.2 Å². The minimum atomic E-state index is -0.651. The molecule has 0 radical (unpaired) electrons. The highest BCUT2D eigenvalue weighted by Crippen LogP contribution is 2.31. The van der Waals surface area contributed by atoms with Gasteiger partial charge in [0.1, 0.15) is 11.5 Å². The third kappa shape index (κ3) is 5.63. The number of non-ortho nitro benzene ring substituents is 1. The Kier molecular flexibility index (Phi) is 7.49. The summed E-state index contributed by atoms with van der Waals surface area (Å²) in [6, 6.07) is 18.6. The second-order valence-corrected chi connectivity index (χ2v) is 10.3. The summed E-state index contributed by atoms with van der Waals surface area (Å²) in [5, 5.41) is 13.5. The van der Waals surface area contributed by atoms with Crippen LogP contribution in [0.15, 0.2) is 86.6 Å². The molecule has 3 amide bonds. The molecule has 0 aliphatic carbocycles. The van der Waals surface area contributed by atoms with Crippen molar-refractivity contribution in [1.82, 2.24) is 14.8 Å². The van der Waals surface area contributed by atoms with Crippen LogP contribution in [0, 0.1) is 24.0 Å². The van der Waals surface area contributed by atoms with E-state index >= 15 is 0 Å². The number of aryl methyl sites for hydroxylation is 1. The second kappa shape index (κ2) is 11.2. The Morgan fingerprint density at radius 3 is 2.34 bits per heavy atom. The molecule has 11 nitrogen and oxygen atoms in total. The van der Waals surface area contributed by atoms with Crippen LogP contribution in [0.1, 0.15) is 33.3 Å². The monoisotopic (exact) mass is 572 g/mol. The first-order chi connectivity index (χ1) is 19.6. The van der Waals surface area contributed by atoms with Crippen molar-refractivity contribution in [2.75, 3.05) is 7.11 Å². The van der Waals surface area contributed by atoms with Crippen LogP contribution in [0.3, 0.4) is 0 Å². The molecule has 1 aliphatic heterocycles. The van der Waals surface area contributed by atoms with Crippen LogP contribution in [-0.4, -0.2) is 39.4 Å². The lowest BCUT2D eigenvalue weighted by atomic mass is 10.2. The van der Waals surface area contributed by atoms with Crippen molar-refractivity contribution in [1.29, 1.82) is 0 Å². The zero-order chi connectivity index (χ0) is 29.3. The van der Waals surface area contributed by atoms with Gasteiger partial charge in [0.15, 0.2) is 0 Å². The number of rotatable bonds is 8. The number of nitrogens with zero attached hydrogens (tertiary/aromatic N) is 3. The van der Waals surface area contributed by atoms with E-state index in [0.29, 0.717) is 0 Å². The Morgan fingerprint density at radius 2 is 1.71 bits per heavy atom. The minimum absolute atomic E-state index is 0.0178. The van der Waals surface area contributed by atoms with Crippen molar-refractivity contribution in [2.24, 2.45) is 0 Å². The number of nitro benzene ring substituents is 1. The summed E-state index contributed by atoms with van der Waals surface area (Å²) in [6.07, 6.45) is 1.64. The number of esters is 1. The molecule has 0 saturated carbocycles. The number of imide groups is 1. The van der Waals surface area contributed by atoms with Crippen LogP contribution in [0.25, 0.3) is 11.8 Å². The number of furan rings is 1. The zero-order valence-corrected chi connectivity index (χ0v) is 23.1. The van der Waals surface area contributed by atoms with Gasteiger partial charge in [0.25, 0.3) is 11.6 Å². The molecule has 12 heteroatoms. The molecule has 0 spiro atoms. The van der Waals surface area contributed by atoms with Crippen molar-refractivity contribution in [2.45, 2.75) is 30.2 Å². The van der Waals surface area contributed by atoms with E-state index in [1.165, 1.54) is 43.1 Å². The number of carbonyl (C=O) groups excluding carboxylic acids is 3. The Balaban J connectivity index is 1.31. The van der Waals surface area contributed by atoms with Gasteiger partial charge in [0.05, 0.1) is 18.6 Å². The molecule has 41 heavy (non-hydrogen) atoms. The van der Waals surface area contributed by atoms with Gasteiger partial charge in [-0.2, -0.15) is 0 Å². The highest BCUT2D eigenvalue weighted by molar-refractivity contribution is 7.99. The SMILES string of the molecule is COC(=O)c1ccc(CN2C(=O)N/C(=C\c3cc(C)n(-c4ccc(Sc5ccc([N+](=O)[O-])cc5)cc4)c3C)C2=O)o1. The normalized spacial score (nSPS) is 14.0. The molecule has 4 aromatic rings. The third-order valence-corrected chi connectivity index (χ3v) is 7.49. The lowest BCUT2D eigenvalue weighted by molar-refractivity contribution is -0.384. The van der Waals surface area contributed by atoms with Crippen molar-refractivity contribution >= 4 is 41.4 Å². The average Bonchev–Trinajstić information content (AvgIpc) is 3.62. The number of ether oxygens (including phenoxy) is 1. The maximum Gasteiger partial charge on any atom is 0.373 e. The lowest BCUT2D eigenvalue weighted by Crippen LogP contribution is -2.30. The number of aromatic nitrogens is 1. The van der Waals surface area contributed by atoms with Gasteiger partial charge < -0.3 is 19.0 Å². The average molecular weight is 573 g/mol. The van der Waals surface area contributed by atoms with Gasteiger partial charge >= 0.3 is 12.0 Å². The summed E-state index contributed by atoms with van der Waals surface area (Å²) in [5.74, 6) is -0.912. The number of urea groups is 1. The van der Waals surface area contributed by atoms with E-state index in [2.05, 4.69) is 10.1 Å². The van der Waals surface area contributed by atoms with Crippen LogP contribution in [0.4, 0.5) is 10.5 Å². The molecule has 1 aliphatic rings. The first-order valence-corrected chi connectivity index (χ1v) is 13.2. The molecule has 3 heterocycles. The van der Waals surface area contributed by atoms with Crippen molar-refractivity contribution in [3.63, 3.8) is 0 Å². The number of nitro groups is 1. The van der Waals surface area contributed by atoms with E-state index in [1.807, 2.05) is 48.7 Å². The number of carbonyl (C=O) groups is 3. The predicted molar refractivity (Wildman–Crippen MR) is 150 cm³/mol. The third-order valence-electron chi connectivity index (χ3n) is 6.47. The number of hydrogen-bond donors (Lipinski definition) is 1. The maximum absolute atomic E-state index is 13.0. The molecular weight excluding hydrogens is 548 g/mol. The van der Waals surface area contributed by atoms with Gasteiger partial charge in [-0.05, 0) is 80.1 Å².